The number of rotatable bonds is 6. The largest absolute Gasteiger partial charge is 0.393 e. The maximum atomic E-state index is 13.2. The Bertz CT molecular complexity index is 708. The average Bonchev–Trinajstić information content (AvgIpc) is 3.07. The Morgan fingerprint density at radius 2 is 1.65 bits per heavy atom. The van der Waals surface area contributed by atoms with Crippen LogP contribution < -0.4 is 0 Å². The molecule has 0 heterocycles. The number of hydrogen-bond donors (Lipinski definition) is 1. The van der Waals surface area contributed by atoms with Gasteiger partial charge in [-0.05, 0) is 104 Å². The third-order valence-corrected chi connectivity index (χ3v) is 11.1. The van der Waals surface area contributed by atoms with E-state index in [9.17, 15) is 9.90 Å². The minimum absolute atomic E-state index is 0.0486. The van der Waals surface area contributed by atoms with E-state index in [4.69, 9.17) is 0 Å². The van der Waals surface area contributed by atoms with Crippen molar-refractivity contribution < 1.29 is 9.90 Å². The minimum atomic E-state index is -0.277. The van der Waals surface area contributed by atoms with Gasteiger partial charge in [0.15, 0.2) is 5.78 Å². The van der Waals surface area contributed by atoms with Crippen LogP contribution in [-0.2, 0) is 4.79 Å². The molecule has 2 heteroatoms. The lowest BCUT2D eigenvalue weighted by molar-refractivity contribution is -0.132. The number of allylic oxidation sites excluding steroid dienone is 2. The van der Waals surface area contributed by atoms with Gasteiger partial charge in [-0.1, -0.05) is 60.0 Å². The number of ketones is 1. The molecular formula is C29H48O2. The predicted molar refractivity (Wildman–Crippen MR) is 129 cm³/mol. The van der Waals surface area contributed by atoms with Gasteiger partial charge in [-0.15, -0.1) is 0 Å². The third kappa shape index (κ3) is 3.87. The van der Waals surface area contributed by atoms with Crippen LogP contribution in [0.2, 0.25) is 0 Å². The van der Waals surface area contributed by atoms with Gasteiger partial charge in [-0.25, -0.2) is 0 Å². The van der Waals surface area contributed by atoms with Crippen molar-refractivity contribution in [3.05, 3.63) is 11.6 Å². The SMILES string of the molecule is CC[C@H](CC[C@@H](C)[C@H]1CC[C@H]2C3=CC(=O)[C@H]4C[C@@H](O)CC[C@]4(C)[C@H]3CC[C@]12C)C(C)C. The van der Waals surface area contributed by atoms with Gasteiger partial charge in [-0.3, -0.25) is 4.79 Å². The fraction of sp³-hybridized carbons (Fsp3) is 0.897. The number of carbonyl (C=O) groups excluding carboxylic acids is 1. The molecule has 0 saturated heterocycles. The second-order valence-electron chi connectivity index (χ2n) is 12.8. The summed E-state index contributed by atoms with van der Waals surface area (Å²) in [6, 6.07) is 0. The Hall–Kier alpha value is -0.630. The number of fused-ring (bicyclic) bond motifs is 5. The van der Waals surface area contributed by atoms with Gasteiger partial charge in [0, 0.05) is 5.92 Å². The topological polar surface area (TPSA) is 37.3 Å². The Kier molecular flexibility index (Phi) is 6.54. The van der Waals surface area contributed by atoms with Crippen molar-refractivity contribution in [3.8, 4) is 0 Å². The van der Waals surface area contributed by atoms with Crippen LogP contribution in [0.3, 0.4) is 0 Å². The molecule has 0 radical (unpaired) electrons. The molecule has 0 aromatic carbocycles. The van der Waals surface area contributed by atoms with E-state index in [1.165, 1.54) is 50.5 Å². The van der Waals surface area contributed by atoms with Crippen LogP contribution >= 0.6 is 0 Å². The summed E-state index contributed by atoms with van der Waals surface area (Å²) < 4.78 is 0. The van der Waals surface area contributed by atoms with Crippen molar-refractivity contribution in [2.45, 2.75) is 112 Å². The van der Waals surface area contributed by atoms with E-state index in [1.54, 1.807) is 0 Å². The van der Waals surface area contributed by atoms with Crippen LogP contribution in [0.1, 0.15) is 106 Å². The maximum Gasteiger partial charge on any atom is 0.159 e. The van der Waals surface area contributed by atoms with Crippen LogP contribution in [0.5, 0.6) is 0 Å². The highest BCUT2D eigenvalue weighted by Gasteiger charge is 2.59. The van der Waals surface area contributed by atoms with Crippen LogP contribution in [0.25, 0.3) is 0 Å². The first kappa shape index (κ1) is 23.5. The molecule has 9 atom stereocenters. The monoisotopic (exact) mass is 428 g/mol. The first-order chi connectivity index (χ1) is 14.6. The van der Waals surface area contributed by atoms with Gasteiger partial charge >= 0.3 is 0 Å². The van der Waals surface area contributed by atoms with Crippen LogP contribution in [0.4, 0.5) is 0 Å². The summed E-state index contributed by atoms with van der Waals surface area (Å²) >= 11 is 0. The first-order valence-electron chi connectivity index (χ1n) is 13.5. The zero-order chi connectivity index (χ0) is 22.6. The molecule has 2 nitrogen and oxygen atoms in total. The summed E-state index contributed by atoms with van der Waals surface area (Å²) in [7, 11) is 0. The second-order valence-corrected chi connectivity index (χ2v) is 12.8. The summed E-state index contributed by atoms with van der Waals surface area (Å²) in [5.74, 6) is 4.80. The van der Waals surface area contributed by atoms with E-state index in [2.05, 4.69) is 47.6 Å². The Morgan fingerprint density at radius 1 is 0.968 bits per heavy atom. The lowest BCUT2D eigenvalue weighted by Gasteiger charge is -2.57. The number of aliphatic hydroxyl groups excluding tert-OH is 1. The number of carbonyl (C=O) groups is 1. The molecule has 0 spiro atoms. The van der Waals surface area contributed by atoms with Crippen LogP contribution in [0.15, 0.2) is 11.6 Å². The molecule has 0 aliphatic heterocycles. The van der Waals surface area contributed by atoms with Crippen molar-refractivity contribution in [3.63, 3.8) is 0 Å². The van der Waals surface area contributed by atoms with Gasteiger partial charge in [0.1, 0.15) is 0 Å². The molecule has 4 rings (SSSR count). The average molecular weight is 429 g/mol. The van der Waals surface area contributed by atoms with E-state index in [1.807, 2.05) is 0 Å². The fourth-order valence-corrected chi connectivity index (χ4v) is 9.00. The standard InChI is InChI=1S/C29H48O2/c1-7-20(18(2)3)9-8-19(4)23-10-11-24-22-17-27(31)26-16-21(30)12-14-29(26,6)25(22)13-15-28(23,24)5/h17-21,23-26,30H,7-16H2,1-6H3/t19-,20-,21+,23-,24+,25+,26-,28-,29-/m1/s1. The molecule has 4 aliphatic carbocycles. The lowest BCUT2D eigenvalue weighted by Crippen LogP contribution is -2.52. The highest BCUT2D eigenvalue weighted by molar-refractivity contribution is 5.94. The van der Waals surface area contributed by atoms with Crippen molar-refractivity contribution in [2.24, 2.45) is 52.3 Å². The lowest BCUT2D eigenvalue weighted by atomic mass is 9.47. The molecular weight excluding hydrogens is 380 g/mol. The summed E-state index contributed by atoms with van der Waals surface area (Å²) in [5, 5.41) is 10.2. The highest BCUT2D eigenvalue weighted by Crippen LogP contribution is 2.66. The molecule has 0 aromatic heterocycles. The third-order valence-electron chi connectivity index (χ3n) is 11.1. The second kappa shape index (κ2) is 8.62. The zero-order valence-electron chi connectivity index (χ0n) is 21.1. The highest BCUT2D eigenvalue weighted by atomic mass is 16.3. The molecule has 0 bridgehead atoms. The Morgan fingerprint density at radius 3 is 2.32 bits per heavy atom. The van der Waals surface area contributed by atoms with Crippen LogP contribution in [-0.4, -0.2) is 17.0 Å². The summed E-state index contributed by atoms with van der Waals surface area (Å²) in [6.45, 7) is 14.6. The minimum Gasteiger partial charge on any atom is -0.393 e. The first-order valence-corrected chi connectivity index (χ1v) is 13.5. The van der Waals surface area contributed by atoms with Crippen LogP contribution in [0, 0.1) is 52.3 Å². The molecule has 3 fully saturated rings. The number of hydrogen-bond acceptors (Lipinski definition) is 2. The van der Waals surface area contributed by atoms with Gasteiger partial charge in [0.25, 0.3) is 0 Å². The van der Waals surface area contributed by atoms with Crippen molar-refractivity contribution in [1.29, 1.82) is 0 Å². The van der Waals surface area contributed by atoms with E-state index in [-0.39, 0.29) is 17.4 Å². The smallest absolute Gasteiger partial charge is 0.159 e. The van der Waals surface area contributed by atoms with E-state index in [0.717, 1.165) is 36.5 Å². The fourth-order valence-electron chi connectivity index (χ4n) is 9.00. The molecule has 4 aliphatic rings. The van der Waals surface area contributed by atoms with Crippen molar-refractivity contribution in [1.82, 2.24) is 0 Å². The normalized spacial score (nSPS) is 44.3. The van der Waals surface area contributed by atoms with E-state index < -0.39 is 0 Å². The van der Waals surface area contributed by atoms with E-state index in [0.29, 0.717) is 29.5 Å². The van der Waals surface area contributed by atoms with Crippen molar-refractivity contribution in [2.75, 3.05) is 0 Å². The molecule has 0 amide bonds. The zero-order valence-corrected chi connectivity index (χ0v) is 21.1. The summed E-state index contributed by atoms with van der Waals surface area (Å²) in [4.78, 5) is 13.2. The molecule has 0 aromatic rings. The summed E-state index contributed by atoms with van der Waals surface area (Å²) in [5.41, 5.74) is 1.98. The summed E-state index contributed by atoms with van der Waals surface area (Å²) in [6.07, 6.45) is 13.6. The molecule has 1 N–H and O–H groups in total. The quantitative estimate of drug-likeness (QED) is 0.485. The van der Waals surface area contributed by atoms with Gasteiger partial charge in [0.2, 0.25) is 0 Å². The Labute approximate surface area is 191 Å². The Balaban J connectivity index is 1.53. The molecule has 176 valence electrons. The predicted octanol–water partition coefficient (Wildman–Crippen LogP) is 7.20. The molecule has 3 saturated carbocycles. The van der Waals surface area contributed by atoms with Crippen molar-refractivity contribution >= 4 is 5.78 Å². The maximum absolute atomic E-state index is 13.2. The van der Waals surface area contributed by atoms with E-state index >= 15 is 0 Å². The van der Waals surface area contributed by atoms with Gasteiger partial charge in [0.05, 0.1) is 6.10 Å². The van der Waals surface area contributed by atoms with Gasteiger partial charge in [-0.2, -0.15) is 0 Å². The number of aliphatic hydroxyl groups is 1. The molecule has 31 heavy (non-hydrogen) atoms. The molecule has 0 unspecified atom stereocenters. The van der Waals surface area contributed by atoms with Gasteiger partial charge < -0.3 is 5.11 Å².